The van der Waals surface area contributed by atoms with Gasteiger partial charge in [-0.2, -0.15) is 0 Å². The minimum atomic E-state index is -0.596. The molecule has 3 aliphatic rings. The topological polar surface area (TPSA) is 98.8 Å². The van der Waals surface area contributed by atoms with Crippen molar-refractivity contribution < 1.29 is 19.2 Å². The van der Waals surface area contributed by atoms with Crippen LogP contribution in [0.25, 0.3) is 0 Å². The van der Waals surface area contributed by atoms with Gasteiger partial charge in [0.2, 0.25) is 11.8 Å². The lowest BCUT2D eigenvalue weighted by Crippen LogP contribution is -2.52. The number of fused-ring (bicyclic) bond motifs is 1. The molecule has 1 atom stereocenters. The van der Waals surface area contributed by atoms with Gasteiger partial charge >= 0.3 is 0 Å². The first-order valence-corrected chi connectivity index (χ1v) is 14.5. The summed E-state index contributed by atoms with van der Waals surface area (Å²) in [5, 5.41) is 5.30. The predicted molar refractivity (Wildman–Crippen MR) is 158 cm³/mol. The zero-order chi connectivity index (χ0) is 28.5. The maximum Gasteiger partial charge on any atom is 0.256 e. The van der Waals surface area contributed by atoms with E-state index in [1.54, 1.807) is 4.90 Å². The smallest absolute Gasteiger partial charge is 0.256 e. The molecule has 3 aromatic rings. The summed E-state index contributed by atoms with van der Waals surface area (Å²) in [7, 11) is 0. The van der Waals surface area contributed by atoms with Crippen LogP contribution >= 0.6 is 12.6 Å². The fourth-order valence-electron chi connectivity index (χ4n) is 6.11. The molecule has 210 valence electrons. The second kappa shape index (κ2) is 11.5. The van der Waals surface area contributed by atoms with Crippen LogP contribution in [0.2, 0.25) is 0 Å². The van der Waals surface area contributed by atoms with Crippen LogP contribution in [-0.2, 0) is 22.7 Å². The van der Waals surface area contributed by atoms with E-state index < -0.39 is 6.04 Å². The Balaban J connectivity index is 1.06. The fourth-order valence-corrected chi connectivity index (χ4v) is 6.35. The van der Waals surface area contributed by atoms with Crippen LogP contribution in [0.3, 0.4) is 0 Å². The van der Waals surface area contributed by atoms with E-state index >= 15 is 0 Å². The highest BCUT2D eigenvalue weighted by Gasteiger charge is 2.39. The number of amides is 4. The summed E-state index contributed by atoms with van der Waals surface area (Å²) < 4.78 is 0. The SMILES string of the molecule is O=C1CCC(N2Cc3cc(C4CCN(Cc5ccc(S)c(C(=O)Nc6ccccc6)c5)CC4)ccc3C2=O)C(=O)N1. The van der Waals surface area contributed by atoms with Crippen LogP contribution in [0.5, 0.6) is 0 Å². The summed E-state index contributed by atoms with van der Waals surface area (Å²) in [4.78, 5) is 54.5. The molecular formula is C32H32N4O4S. The largest absolute Gasteiger partial charge is 0.322 e. The summed E-state index contributed by atoms with van der Waals surface area (Å²) in [5.41, 5.74) is 5.20. The molecule has 41 heavy (non-hydrogen) atoms. The molecule has 2 saturated heterocycles. The summed E-state index contributed by atoms with van der Waals surface area (Å²) in [6.45, 7) is 3.01. The van der Waals surface area contributed by atoms with Crippen molar-refractivity contribution in [1.29, 1.82) is 0 Å². The number of carbonyl (C=O) groups is 4. The Kier molecular flexibility index (Phi) is 7.64. The maximum atomic E-state index is 13.0. The molecular weight excluding hydrogens is 536 g/mol. The summed E-state index contributed by atoms with van der Waals surface area (Å²) in [6.07, 6.45) is 2.61. The van der Waals surface area contributed by atoms with Crippen molar-refractivity contribution >= 4 is 41.9 Å². The summed E-state index contributed by atoms with van der Waals surface area (Å²) in [5.74, 6) is -0.587. The van der Waals surface area contributed by atoms with Crippen molar-refractivity contribution in [3.05, 3.63) is 94.5 Å². The van der Waals surface area contributed by atoms with Crippen LogP contribution < -0.4 is 10.6 Å². The maximum absolute atomic E-state index is 13.0. The van der Waals surface area contributed by atoms with E-state index in [1.807, 2.05) is 60.7 Å². The fraction of sp³-hybridized carbons (Fsp3) is 0.312. The molecule has 0 saturated carbocycles. The van der Waals surface area contributed by atoms with Crippen LogP contribution in [0.4, 0.5) is 5.69 Å². The quantitative estimate of drug-likeness (QED) is 0.303. The average Bonchev–Trinajstić information content (AvgIpc) is 3.30. The van der Waals surface area contributed by atoms with E-state index in [0.29, 0.717) is 34.9 Å². The Morgan fingerprint density at radius 1 is 0.951 bits per heavy atom. The van der Waals surface area contributed by atoms with Gasteiger partial charge in [-0.3, -0.25) is 29.4 Å². The number of rotatable bonds is 6. The lowest BCUT2D eigenvalue weighted by molar-refractivity contribution is -0.136. The number of carbonyl (C=O) groups excluding carboxylic acids is 4. The number of anilines is 1. The molecule has 0 radical (unpaired) electrons. The molecule has 9 heteroatoms. The molecule has 4 amide bonds. The van der Waals surface area contributed by atoms with Crippen LogP contribution in [0.15, 0.2) is 71.6 Å². The molecule has 3 aliphatic heterocycles. The van der Waals surface area contributed by atoms with Gasteiger partial charge in [-0.25, -0.2) is 0 Å². The van der Waals surface area contributed by atoms with E-state index in [2.05, 4.69) is 34.2 Å². The van der Waals surface area contributed by atoms with Gasteiger partial charge in [0, 0.05) is 35.7 Å². The van der Waals surface area contributed by atoms with Crippen molar-refractivity contribution in [2.24, 2.45) is 0 Å². The van der Waals surface area contributed by atoms with E-state index in [4.69, 9.17) is 0 Å². The first-order chi connectivity index (χ1) is 19.9. The molecule has 2 N–H and O–H groups in total. The van der Waals surface area contributed by atoms with Crippen LogP contribution in [0.1, 0.15) is 69.0 Å². The molecule has 3 heterocycles. The number of nitrogens with zero attached hydrogens (tertiary/aromatic N) is 2. The highest BCUT2D eigenvalue weighted by atomic mass is 32.1. The Bertz CT molecular complexity index is 1520. The number of benzene rings is 3. The third-order valence-electron chi connectivity index (χ3n) is 8.35. The van der Waals surface area contributed by atoms with E-state index in [0.717, 1.165) is 49.3 Å². The lowest BCUT2D eigenvalue weighted by atomic mass is 9.87. The summed E-state index contributed by atoms with van der Waals surface area (Å²) >= 11 is 4.51. The monoisotopic (exact) mass is 568 g/mol. The molecule has 8 nitrogen and oxygen atoms in total. The summed E-state index contributed by atoms with van der Waals surface area (Å²) in [6, 6.07) is 20.7. The second-order valence-corrected chi connectivity index (χ2v) is 11.5. The molecule has 0 spiro atoms. The van der Waals surface area contributed by atoms with Gasteiger partial charge in [-0.05, 0) is 85.3 Å². The zero-order valence-electron chi connectivity index (χ0n) is 22.6. The number of hydrogen-bond donors (Lipinski definition) is 3. The van der Waals surface area contributed by atoms with Crippen molar-refractivity contribution in [3.8, 4) is 0 Å². The number of hydrogen-bond acceptors (Lipinski definition) is 6. The first-order valence-electron chi connectivity index (χ1n) is 14.0. The van der Waals surface area contributed by atoms with E-state index in [9.17, 15) is 19.2 Å². The van der Waals surface area contributed by atoms with Crippen molar-refractivity contribution in [1.82, 2.24) is 15.1 Å². The standard InChI is InChI=1S/C32H32N4O4S/c37-29-11-9-27(31(39)34-29)36-19-23-17-22(7-8-25(23)32(36)40)21-12-14-35(15-13-21)18-20-6-10-28(41)26(16-20)30(38)33-24-4-2-1-3-5-24/h1-8,10,16-17,21,27,41H,9,11-15,18-19H2,(H,33,38)(H,34,37,39). The Labute approximate surface area is 244 Å². The van der Waals surface area contributed by atoms with Gasteiger partial charge < -0.3 is 10.2 Å². The number of imide groups is 1. The Morgan fingerprint density at radius 3 is 2.49 bits per heavy atom. The molecule has 0 bridgehead atoms. The van der Waals surface area contributed by atoms with Crippen LogP contribution in [0, 0.1) is 0 Å². The van der Waals surface area contributed by atoms with E-state index in [1.165, 1.54) is 5.56 Å². The van der Waals surface area contributed by atoms with Gasteiger partial charge in [-0.1, -0.05) is 36.4 Å². The predicted octanol–water partition coefficient (Wildman–Crippen LogP) is 4.37. The van der Waals surface area contributed by atoms with Crippen molar-refractivity contribution in [2.75, 3.05) is 18.4 Å². The number of piperidine rings is 2. The molecule has 0 aromatic heterocycles. The highest BCUT2D eigenvalue weighted by Crippen LogP contribution is 2.34. The van der Waals surface area contributed by atoms with Crippen molar-refractivity contribution in [2.45, 2.75) is 55.6 Å². The van der Waals surface area contributed by atoms with Gasteiger partial charge in [0.1, 0.15) is 6.04 Å². The number of thiol groups is 1. The number of likely N-dealkylation sites (tertiary alicyclic amines) is 1. The highest BCUT2D eigenvalue weighted by molar-refractivity contribution is 7.80. The average molecular weight is 569 g/mol. The molecule has 0 aliphatic carbocycles. The third-order valence-corrected chi connectivity index (χ3v) is 8.74. The normalized spacial score (nSPS) is 19.7. The van der Waals surface area contributed by atoms with Crippen LogP contribution in [-0.4, -0.2) is 52.6 Å². The van der Waals surface area contributed by atoms with Gasteiger partial charge in [0.05, 0.1) is 5.56 Å². The number of para-hydroxylation sites is 1. The second-order valence-electron chi connectivity index (χ2n) is 11.0. The molecule has 1 unspecified atom stereocenters. The lowest BCUT2D eigenvalue weighted by Gasteiger charge is -2.32. The molecule has 3 aromatic carbocycles. The minimum absolute atomic E-state index is 0.139. The van der Waals surface area contributed by atoms with Gasteiger partial charge in [0.15, 0.2) is 0 Å². The first kappa shape index (κ1) is 27.2. The minimum Gasteiger partial charge on any atom is -0.322 e. The Morgan fingerprint density at radius 2 is 1.73 bits per heavy atom. The molecule has 2 fully saturated rings. The molecule has 6 rings (SSSR count). The third kappa shape index (κ3) is 5.78. The zero-order valence-corrected chi connectivity index (χ0v) is 23.5. The Hall–Kier alpha value is -3.95. The van der Waals surface area contributed by atoms with Gasteiger partial charge in [0.25, 0.3) is 11.8 Å². The number of nitrogens with one attached hydrogen (secondary N) is 2. The van der Waals surface area contributed by atoms with Gasteiger partial charge in [-0.15, -0.1) is 12.6 Å². The van der Waals surface area contributed by atoms with Crippen molar-refractivity contribution in [3.63, 3.8) is 0 Å². The van der Waals surface area contributed by atoms with E-state index in [-0.39, 0.29) is 30.0 Å².